The van der Waals surface area contributed by atoms with E-state index in [9.17, 15) is 14.7 Å². The van der Waals surface area contributed by atoms with E-state index in [1.54, 1.807) is 49.0 Å². The Kier molecular flexibility index (Phi) is 5.42. The fourth-order valence-electron chi connectivity index (χ4n) is 3.85. The molecule has 4 aromatic rings. The number of carbonyl (C=O) groups is 2. The summed E-state index contributed by atoms with van der Waals surface area (Å²) in [6, 6.07) is 8.10. The number of aliphatic hydroxyl groups excluding tert-OH is 1. The molecule has 4 N–H and O–H groups in total. The molecular formula is C22H22N8O5. The lowest BCUT2D eigenvalue weighted by Gasteiger charge is -2.42. The molecule has 0 radical (unpaired) electrons. The van der Waals surface area contributed by atoms with Crippen LogP contribution in [0.5, 0.6) is 0 Å². The lowest BCUT2D eigenvalue weighted by atomic mass is 10.0. The standard InChI is InChI=1S/C22H22N8O5/c1-22(2)11-29(16-6-8-30(27-16)13-5-7-24-25-10-13)21(33)18(34-22)17(31)20(32)26-12-3-4-14-15(9-12)35-28-19(14)23/h3-10,17-18,31H,11H2,1-2H3,(H2,23,28)(H,26,32)/t17-,18-/m1/s1. The first-order chi connectivity index (χ1) is 16.7. The summed E-state index contributed by atoms with van der Waals surface area (Å²) in [6.07, 6.45) is 1.50. The number of nitrogens with two attached hydrogens (primary N) is 1. The average molecular weight is 478 g/mol. The summed E-state index contributed by atoms with van der Waals surface area (Å²) in [5, 5.41) is 29.6. The van der Waals surface area contributed by atoms with Crippen LogP contribution in [-0.4, -0.2) is 66.4 Å². The van der Waals surface area contributed by atoms with E-state index in [2.05, 4.69) is 25.8 Å². The van der Waals surface area contributed by atoms with Crippen molar-refractivity contribution in [2.24, 2.45) is 0 Å². The number of benzene rings is 1. The quantitative estimate of drug-likeness (QED) is 0.374. The Morgan fingerprint density at radius 1 is 1.29 bits per heavy atom. The van der Waals surface area contributed by atoms with Crippen molar-refractivity contribution >= 4 is 40.1 Å². The molecular weight excluding hydrogens is 456 g/mol. The molecule has 2 atom stereocenters. The van der Waals surface area contributed by atoms with Gasteiger partial charge >= 0.3 is 0 Å². The van der Waals surface area contributed by atoms with E-state index in [4.69, 9.17) is 15.0 Å². The fraction of sp³-hybridized carbons (Fsp3) is 0.273. The number of aromatic nitrogens is 5. The van der Waals surface area contributed by atoms with Crippen LogP contribution in [-0.2, 0) is 14.3 Å². The average Bonchev–Trinajstić information content (AvgIpc) is 3.47. The Morgan fingerprint density at radius 3 is 2.89 bits per heavy atom. The summed E-state index contributed by atoms with van der Waals surface area (Å²) in [5.41, 5.74) is 6.21. The zero-order valence-corrected chi connectivity index (χ0v) is 18.8. The Balaban J connectivity index is 1.36. The zero-order chi connectivity index (χ0) is 24.7. The molecule has 0 unspecified atom stereocenters. The van der Waals surface area contributed by atoms with Crippen molar-refractivity contribution in [2.75, 3.05) is 22.5 Å². The topological polar surface area (TPSA) is 175 Å². The molecule has 13 nitrogen and oxygen atoms in total. The summed E-state index contributed by atoms with van der Waals surface area (Å²) in [7, 11) is 0. The van der Waals surface area contributed by atoms with Crippen LogP contribution in [0.2, 0.25) is 0 Å². The molecule has 0 bridgehead atoms. The third kappa shape index (κ3) is 4.29. The largest absolute Gasteiger partial charge is 0.380 e. The first kappa shape index (κ1) is 22.4. The molecule has 0 saturated carbocycles. The molecule has 1 aromatic carbocycles. The number of morpholine rings is 1. The number of hydrogen-bond acceptors (Lipinski definition) is 10. The highest BCUT2D eigenvalue weighted by atomic mass is 16.5. The number of hydrogen-bond donors (Lipinski definition) is 3. The van der Waals surface area contributed by atoms with Gasteiger partial charge in [-0.25, -0.2) is 4.68 Å². The zero-order valence-electron chi connectivity index (χ0n) is 18.8. The van der Waals surface area contributed by atoms with E-state index in [1.165, 1.54) is 23.4 Å². The smallest absolute Gasteiger partial charge is 0.260 e. The molecule has 35 heavy (non-hydrogen) atoms. The maximum atomic E-state index is 13.3. The minimum absolute atomic E-state index is 0.172. The van der Waals surface area contributed by atoms with Gasteiger partial charge in [0.25, 0.3) is 11.8 Å². The van der Waals surface area contributed by atoms with Crippen molar-refractivity contribution < 1.29 is 24.0 Å². The third-order valence-corrected chi connectivity index (χ3v) is 5.50. The van der Waals surface area contributed by atoms with Crippen molar-refractivity contribution in [3.63, 3.8) is 0 Å². The number of nitrogens with zero attached hydrogens (tertiary/aromatic N) is 6. The van der Waals surface area contributed by atoms with Gasteiger partial charge in [0, 0.05) is 24.0 Å². The number of anilines is 3. The predicted molar refractivity (Wildman–Crippen MR) is 124 cm³/mol. The van der Waals surface area contributed by atoms with Crippen LogP contribution in [0.4, 0.5) is 17.3 Å². The van der Waals surface area contributed by atoms with Crippen LogP contribution >= 0.6 is 0 Å². The maximum Gasteiger partial charge on any atom is 0.260 e. The summed E-state index contributed by atoms with van der Waals surface area (Å²) >= 11 is 0. The van der Waals surface area contributed by atoms with Gasteiger partial charge in [-0.1, -0.05) is 5.16 Å². The molecule has 1 fully saturated rings. The highest BCUT2D eigenvalue weighted by Crippen LogP contribution is 2.29. The van der Waals surface area contributed by atoms with Gasteiger partial charge in [-0.05, 0) is 32.0 Å². The molecule has 1 aliphatic heterocycles. The number of aliphatic hydroxyl groups is 1. The van der Waals surface area contributed by atoms with Crippen molar-refractivity contribution in [2.45, 2.75) is 31.7 Å². The van der Waals surface area contributed by atoms with Gasteiger partial charge in [0.1, 0.15) is 0 Å². The van der Waals surface area contributed by atoms with E-state index in [-0.39, 0.29) is 12.4 Å². The minimum atomic E-state index is -1.79. The van der Waals surface area contributed by atoms with Crippen LogP contribution in [0.25, 0.3) is 16.7 Å². The first-order valence-corrected chi connectivity index (χ1v) is 10.7. The number of ether oxygens (including phenoxy) is 1. The van der Waals surface area contributed by atoms with Gasteiger partial charge in [-0.15, -0.1) is 5.10 Å². The second-order valence-electron chi connectivity index (χ2n) is 8.65. The van der Waals surface area contributed by atoms with Gasteiger partial charge in [0.2, 0.25) is 0 Å². The molecule has 0 aliphatic carbocycles. The lowest BCUT2D eigenvalue weighted by Crippen LogP contribution is -2.61. The van der Waals surface area contributed by atoms with Crippen LogP contribution in [0.3, 0.4) is 0 Å². The Labute approximate surface area is 198 Å². The second-order valence-corrected chi connectivity index (χ2v) is 8.65. The summed E-state index contributed by atoms with van der Waals surface area (Å²) in [6.45, 7) is 3.69. The van der Waals surface area contributed by atoms with Crippen LogP contribution < -0.4 is 16.0 Å². The van der Waals surface area contributed by atoms with Crippen molar-refractivity contribution in [1.82, 2.24) is 25.1 Å². The molecule has 5 rings (SSSR count). The highest BCUT2D eigenvalue weighted by Gasteiger charge is 2.46. The third-order valence-electron chi connectivity index (χ3n) is 5.50. The van der Waals surface area contributed by atoms with E-state index >= 15 is 0 Å². The molecule has 13 heteroatoms. The van der Waals surface area contributed by atoms with Gasteiger partial charge in [-0.3, -0.25) is 14.5 Å². The summed E-state index contributed by atoms with van der Waals surface area (Å²) < 4.78 is 12.5. The lowest BCUT2D eigenvalue weighted by molar-refractivity contribution is -0.169. The number of rotatable bonds is 5. The van der Waals surface area contributed by atoms with E-state index in [0.717, 1.165) is 0 Å². The molecule has 0 spiro atoms. The fourth-order valence-corrected chi connectivity index (χ4v) is 3.85. The van der Waals surface area contributed by atoms with E-state index in [1.807, 2.05) is 0 Å². The minimum Gasteiger partial charge on any atom is -0.380 e. The van der Waals surface area contributed by atoms with E-state index < -0.39 is 29.6 Å². The number of fused-ring (bicyclic) bond motifs is 1. The Morgan fingerprint density at radius 2 is 2.11 bits per heavy atom. The molecule has 3 aromatic heterocycles. The molecule has 1 saturated heterocycles. The monoisotopic (exact) mass is 478 g/mol. The second kappa shape index (κ2) is 8.45. The van der Waals surface area contributed by atoms with Crippen molar-refractivity contribution in [1.29, 1.82) is 0 Å². The molecule has 4 heterocycles. The molecule has 2 amide bonds. The van der Waals surface area contributed by atoms with Gasteiger partial charge in [0.05, 0.1) is 35.6 Å². The SMILES string of the molecule is CC1(C)CN(c2ccn(-c3ccnnc3)n2)C(=O)[C@@H]([C@@H](O)C(=O)Nc2ccc3c(N)noc3c2)O1. The normalized spacial score (nSPS) is 18.5. The number of amides is 2. The summed E-state index contributed by atoms with van der Waals surface area (Å²) in [4.78, 5) is 27.5. The summed E-state index contributed by atoms with van der Waals surface area (Å²) in [5.74, 6) is -0.844. The molecule has 1 aliphatic rings. The van der Waals surface area contributed by atoms with Gasteiger partial charge < -0.3 is 25.4 Å². The van der Waals surface area contributed by atoms with Crippen LogP contribution in [0.1, 0.15) is 13.8 Å². The van der Waals surface area contributed by atoms with Crippen LogP contribution in [0.15, 0.2) is 53.4 Å². The molecule has 180 valence electrons. The van der Waals surface area contributed by atoms with Crippen molar-refractivity contribution in [3.05, 3.63) is 48.9 Å². The highest BCUT2D eigenvalue weighted by molar-refractivity contribution is 6.04. The Hall–Kier alpha value is -4.36. The number of carbonyl (C=O) groups excluding carboxylic acids is 2. The van der Waals surface area contributed by atoms with Crippen molar-refractivity contribution in [3.8, 4) is 5.69 Å². The first-order valence-electron chi connectivity index (χ1n) is 10.7. The van der Waals surface area contributed by atoms with E-state index in [0.29, 0.717) is 28.2 Å². The number of nitrogen functional groups attached to an aromatic ring is 1. The maximum absolute atomic E-state index is 13.3. The number of nitrogens with one attached hydrogen (secondary N) is 1. The Bertz CT molecular complexity index is 1400. The van der Waals surface area contributed by atoms with Gasteiger partial charge in [-0.2, -0.15) is 10.2 Å². The van der Waals surface area contributed by atoms with Gasteiger partial charge in [0.15, 0.2) is 29.4 Å². The van der Waals surface area contributed by atoms with Crippen LogP contribution in [0, 0.1) is 0 Å². The predicted octanol–water partition coefficient (Wildman–Crippen LogP) is 0.896.